The van der Waals surface area contributed by atoms with E-state index in [1.807, 2.05) is 69.3 Å². The number of hydrazine groups is 1. The maximum absolute atomic E-state index is 13.7. The topological polar surface area (TPSA) is 161 Å². The number of rotatable bonds is 14. The number of nitrogens with one attached hydrogen (secondary N) is 3. The molecule has 14 heteroatoms. The summed E-state index contributed by atoms with van der Waals surface area (Å²) in [7, 11) is 1.23. The molecule has 2 aromatic carbocycles. The largest absolute Gasteiger partial charge is 0.453 e. The van der Waals surface area contributed by atoms with Crippen molar-refractivity contribution in [1.29, 1.82) is 0 Å². The number of fused-ring (bicyclic) bond motifs is 1. The zero-order valence-corrected chi connectivity index (χ0v) is 30.7. The first-order valence-electron chi connectivity index (χ1n) is 17.4. The predicted octanol–water partition coefficient (Wildman–Crippen LogP) is 4.51. The molecule has 2 aliphatic heterocycles. The van der Waals surface area contributed by atoms with E-state index >= 15 is 0 Å². The molecule has 0 saturated carbocycles. The average molecular weight is 738 g/mol. The van der Waals surface area contributed by atoms with Gasteiger partial charge in [0.25, 0.3) is 5.91 Å². The van der Waals surface area contributed by atoms with Gasteiger partial charge in [-0.15, -0.1) is 0 Å². The Bertz CT molecular complexity index is 1620. The molecule has 280 valence electrons. The molecule has 0 aliphatic carbocycles. The van der Waals surface area contributed by atoms with E-state index in [4.69, 9.17) is 30.5 Å². The van der Waals surface area contributed by atoms with Crippen molar-refractivity contribution in [2.75, 3.05) is 33.4 Å². The first-order chi connectivity index (χ1) is 24.9. The number of aliphatic hydroxyl groups is 1. The highest BCUT2D eigenvalue weighted by Gasteiger charge is 2.44. The van der Waals surface area contributed by atoms with Crippen molar-refractivity contribution in [2.24, 2.45) is 11.3 Å². The second kappa shape index (κ2) is 18.0. The van der Waals surface area contributed by atoms with Crippen LogP contribution in [0, 0.1) is 11.3 Å². The third kappa shape index (κ3) is 10.9. The van der Waals surface area contributed by atoms with Crippen molar-refractivity contribution >= 4 is 29.7 Å². The van der Waals surface area contributed by atoms with Crippen LogP contribution in [0.2, 0.25) is 5.02 Å². The molecule has 2 aliphatic rings. The summed E-state index contributed by atoms with van der Waals surface area (Å²) in [5.41, 5.74) is 5.98. The first-order valence-corrected chi connectivity index (χ1v) is 17.8. The minimum atomic E-state index is -1.18. The van der Waals surface area contributed by atoms with Gasteiger partial charge in [-0.25, -0.2) is 14.6 Å². The summed E-state index contributed by atoms with van der Waals surface area (Å²) in [5.74, 6) is -0.548. The molecule has 0 radical (unpaired) electrons. The lowest BCUT2D eigenvalue weighted by Crippen LogP contribution is -2.59. The van der Waals surface area contributed by atoms with Crippen molar-refractivity contribution in [3.8, 4) is 11.1 Å². The van der Waals surface area contributed by atoms with Gasteiger partial charge in [-0.1, -0.05) is 74.8 Å². The molecule has 1 aromatic heterocycles. The lowest BCUT2D eigenvalue weighted by atomic mass is 9.86. The average Bonchev–Trinajstić information content (AvgIpc) is 3.75. The molecule has 3 amide bonds. The van der Waals surface area contributed by atoms with Gasteiger partial charge in [0.05, 0.1) is 38.4 Å². The Labute approximate surface area is 309 Å². The number of hydrogen-bond donors (Lipinski definition) is 4. The molecule has 3 heterocycles. The third-order valence-electron chi connectivity index (χ3n) is 9.25. The highest BCUT2D eigenvalue weighted by molar-refractivity contribution is 6.30. The van der Waals surface area contributed by atoms with E-state index < -0.39 is 47.8 Å². The Hall–Kier alpha value is -4.27. The number of hydrogen-bond acceptors (Lipinski definition) is 10. The lowest BCUT2D eigenvalue weighted by Gasteiger charge is -2.34. The molecule has 0 unspecified atom stereocenters. The van der Waals surface area contributed by atoms with Gasteiger partial charge in [-0.3, -0.25) is 15.2 Å². The van der Waals surface area contributed by atoms with Gasteiger partial charge in [0, 0.05) is 30.5 Å². The van der Waals surface area contributed by atoms with E-state index in [-0.39, 0.29) is 31.8 Å². The number of benzene rings is 2. The van der Waals surface area contributed by atoms with Crippen LogP contribution >= 0.6 is 11.6 Å². The van der Waals surface area contributed by atoms with E-state index in [2.05, 4.69) is 21.0 Å². The fraction of sp³-hybridized carbons (Fsp3) is 0.474. The molecule has 52 heavy (non-hydrogen) atoms. The quantitative estimate of drug-likeness (QED) is 0.174. The zero-order valence-electron chi connectivity index (χ0n) is 29.9. The molecule has 3 aromatic rings. The maximum atomic E-state index is 13.7. The minimum absolute atomic E-state index is 0.0536. The Morgan fingerprint density at radius 3 is 2.40 bits per heavy atom. The normalized spacial score (nSPS) is 20.0. The summed E-state index contributed by atoms with van der Waals surface area (Å²) in [6, 6.07) is 17.2. The van der Waals surface area contributed by atoms with Gasteiger partial charge in [-0.05, 0) is 65.1 Å². The van der Waals surface area contributed by atoms with E-state index in [9.17, 15) is 19.5 Å². The van der Waals surface area contributed by atoms with Crippen LogP contribution in [0.25, 0.3) is 11.1 Å². The molecule has 2 fully saturated rings. The van der Waals surface area contributed by atoms with Crippen LogP contribution in [-0.2, 0) is 36.6 Å². The number of alkyl carbamates (subject to hydrolysis) is 2. The molecule has 4 N–H and O–H groups in total. The number of pyridine rings is 1. The molecule has 2 saturated heterocycles. The smallest absolute Gasteiger partial charge is 0.407 e. The van der Waals surface area contributed by atoms with Crippen molar-refractivity contribution in [3.63, 3.8) is 0 Å². The van der Waals surface area contributed by atoms with Crippen LogP contribution in [0.3, 0.4) is 0 Å². The summed E-state index contributed by atoms with van der Waals surface area (Å²) in [5, 5.41) is 19.5. The summed E-state index contributed by atoms with van der Waals surface area (Å²) in [6.07, 6.45) is 1.49. The van der Waals surface area contributed by atoms with Gasteiger partial charge < -0.3 is 34.7 Å². The monoisotopic (exact) mass is 737 g/mol. The summed E-state index contributed by atoms with van der Waals surface area (Å²) >= 11 is 6.10. The van der Waals surface area contributed by atoms with Gasteiger partial charge in [0.2, 0.25) is 0 Å². The SMILES string of the molecule is COC(=O)N[C@H](C(=O)NN(CCc1ccc(Cl)cc1)C[C@H](O)[C@H](Cc1ccc(-c2cccnc2)cc1)NC(=O)O[C@H]1CO[C@H]2OCC[C@H]21)C(C)(C)C. The number of amides is 3. The standard InChI is InChI=1S/C38H48ClN5O8/c1-38(2,3)33(42-36(47)49-4)34(46)43-44(18-15-24-9-13-28(39)14-10-24)22-31(45)30(41-37(48)52-32-23-51-35-29(32)16-19-50-35)20-25-7-11-26(12-8-25)27-6-5-17-40-21-27/h5-14,17,21,29-33,35,45H,15-16,18-20,22-23H2,1-4H3,(H,41,48)(H,42,47)(H,43,46)/t29-,30-,31-,32-,33+,35+/m0/s1. The highest BCUT2D eigenvalue weighted by atomic mass is 35.5. The first kappa shape index (κ1) is 38.9. The summed E-state index contributed by atoms with van der Waals surface area (Å²) in [4.78, 5) is 43.5. The number of carbonyl (C=O) groups excluding carboxylic acids is 3. The van der Waals surface area contributed by atoms with E-state index in [0.717, 1.165) is 28.7 Å². The van der Waals surface area contributed by atoms with Gasteiger partial charge in [-0.2, -0.15) is 0 Å². The van der Waals surface area contributed by atoms with E-state index in [1.54, 1.807) is 29.5 Å². The van der Waals surface area contributed by atoms with Crippen molar-refractivity contribution < 1.29 is 38.4 Å². The lowest BCUT2D eigenvalue weighted by molar-refractivity contribution is -0.131. The van der Waals surface area contributed by atoms with E-state index in [0.29, 0.717) is 24.6 Å². The fourth-order valence-corrected chi connectivity index (χ4v) is 6.43. The Kier molecular flexibility index (Phi) is 13.5. The molecule has 5 rings (SSSR count). The predicted molar refractivity (Wildman–Crippen MR) is 194 cm³/mol. The number of ether oxygens (including phenoxy) is 4. The van der Waals surface area contributed by atoms with Gasteiger partial charge in [0.1, 0.15) is 12.1 Å². The van der Waals surface area contributed by atoms with Crippen LogP contribution in [0.1, 0.15) is 38.3 Å². The number of halogens is 1. The number of nitrogens with zero attached hydrogens (tertiary/aromatic N) is 2. The number of aromatic nitrogens is 1. The van der Waals surface area contributed by atoms with Gasteiger partial charge in [0.15, 0.2) is 6.29 Å². The highest BCUT2D eigenvalue weighted by Crippen LogP contribution is 2.33. The van der Waals surface area contributed by atoms with Crippen LogP contribution in [0.4, 0.5) is 9.59 Å². The van der Waals surface area contributed by atoms with Crippen LogP contribution in [0.15, 0.2) is 73.1 Å². The van der Waals surface area contributed by atoms with Crippen molar-refractivity contribution in [3.05, 3.63) is 89.2 Å². The number of carbonyl (C=O) groups is 3. The Balaban J connectivity index is 1.35. The van der Waals surface area contributed by atoms with Crippen molar-refractivity contribution in [2.45, 2.75) is 70.6 Å². The number of methoxy groups -OCH3 is 1. The Morgan fingerprint density at radius 2 is 1.73 bits per heavy atom. The third-order valence-corrected chi connectivity index (χ3v) is 9.50. The second-order valence-electron chi connectivity index (χ2n) is 14.2. The molecule has 6 atom stereocenters. The van der Waals surface area contributed by atoms with E-state index in [1.165, 1.54) is 7.11 Å². The number of aliphatic hydroxyl groups excluding tert-OH is 1. The van der Waals surface area contributed by atoms with Crippen molar-refractivity contribution in [1.82, 2.24) is 26.1 Å². The van der Waals surface area contributed by atoms with Crippen LogP contribution in [0.5, 0.6) is 0 Å². The Morgan fingerprint density at radius 1 is 1.00 bits per heavy atom. The second-order valence-corrected chi connectivity index (χ2v) is 14.6. The summed E-state index contributed by atoms with van der Waals surface area (Å²) in [6.45, 7) is 6.44. The van der Waals surface area contributed by atoms with Crippen LogP contribution < -0.4 is 16.1 Å². The zero-order chi connectivity index (χ0) is 37.3. The van der Waals surface area contributed by atoms with Gasteiger partial charge >= 0.3 is 12.2 Å². The molecule has 0 spiro atoms. The van der Waals surface area contributed by atoms with Crippen LogP contribution in [-0.4, -0.2) is 97.2 Å². The fourth-order valence-electron chi connectivity index (χ4n) is 6.31. The molecule has 13 nitrogen and oxygen atoms in total. The molecular weight excluding hydrogens is 690 g/mol. The summed E-state index contributed by atoms with van der Waals surface area (Å²) < 4.78 is 21.8. The molecular formula is C38H48ClN5O8. The maximum Gasteiger partial charge on any atom is 0.407 e. The molecule has 0 bridgehead atoms. The minimum Gasteiger partial charge on any atom is -0.453 e.